The van der Waals surface area contributed by atoms with Gasteiger partial charge in [0.15, 0.2) is 0 Å². The summed E-state index contributed by atoms with van der Waals surface area (Å²) in [7, 11) is 0. The lowest BCUT2D eigenvalue weighted by Crippen LogP contribution is -2.42. The largest absolute Gasteiger partial charge is 0.481 e. The maximum Gasteiger partial charge on any atom is 0.316 e. The van der Waals surface area contributed by atoms with Gasteiger partial charge < -0.3 is 10.4 Å². The minimum Gasteiger partial charge on any atom is -0.481 e. The molecule has 0 heterocycles. The number of amides is 1. The van der Waals surface area contributed by atoms with Crippen LogP contribution in [0.2, 0.25) is 0 Å². The van der Waals surface area contributed by atoms with E-state index in [1.165, 1.54) is 0 Å². The predicted octanol–water partition coefficient (Wildman–Crippen LogP) is 2.36. The molecule has 1 rings (SSSR count). The number of carbonyl (C=O) groups excluding carboxylic acids is 1. The van der Waals surface area contributed by atoms with E-state index in [1.54, 1.807) is 20.8 Å². The van der Waals surface area contributed by atoms with E-state index in [9.17, 15) is 9.59 Å². The molecule has 0 aromatic heterocycles. The quantitative estimate of drug-likeness (QED) is 0.819. The first-order chi connectivity index (χ1) is 8.71. The molecule has 104 valence electrons. The number of aryl methyl sites for hydroxylation is 1. The molecule has 0 spiro atoms. The van der Waals surface area contributed by atoms with Crippen molar-refractivity contribution in [2.45, 2.75) is 34.2 Å². The molecule has 0 bridgehead atoms. The van der Waals surface area contributed by atoms with Gasteiger partial charge in [-0.15, -0.1) is 0 Å². The maximum atomic E-state index is 12.0. The van der Waals surface area contributed by atoms with Gasteiger partial charge in [0, 0.05) is 6.54 Å². The van der Waals surface area contributed by atoms with Crippen LogP contribution in [0.3, 0.4) is 0 Å². The summed E-state index contributed by atoms with van der Waals surface area (Å²) in [5, 5.41) is 11.8. The van der Waals surface area contributed by atoms with E-state index in [-0.39, 0.29) is 0 Å². The molecule has 0 aliphatic carbocycles. The van der Waals surface area contributed by atoms with Crippen LogP contribution >= 0.6 is 0 Å². The van der Waals surface area contributed by atoms with Gasteiger partial charge in [-0.05, 0) is 17.9 Å². The number of aliphatic carboxylic acids is 1. The van der Waals surface area contributed by atoms with Crippen molar-refractivity contribution in [3.63, 3.8) is 0 Å². The highest BCUT2D eigenvalue weighted by Crippen LogP contribution is 2.26. The summed E-state index contributed by atoms with van der Waals surface area (Å²) in [6.45, 7) is 7.58. The third kappa shape index (κ3) is 4.39. The van der Waals surface area contributed by atoms with Gasteiger partial charge in [0.25, 0.3) is 0 Å². The first-order valence-corrected chi connectivity index (χ1v) is 6.28. The Labute approximate surface area is 113 Å². The zero-order valence-corrected chi connectivity index (χ0v) is 11.9. The minimum absolute atomic E-state index is 0.346. The lowest BCUT2D eigenvalue weighted by atomic mass is 9.80. The molecule has 1 atom stereocenters. The minimum atomic E-state index is -1.09. The molecule has 1 amide bonds. The van der Waals surface area contributed by atoms with E-state index in [4.69, 9.17) is 5.11 Å². The van der Waals surface area contributed by atoms with Gasteiger partial charge in [-0.3, -0.25) is 9.59 Å². The number of carboxylic acid groups (broad SMARTS) is 1. The summed E-state index contributed by atoms with van der Waals surface area (Å²) in [5.74, 6) is -2.58. The van der Waals surface area contributed by atoms with E-state index >= 15 is 0 Å². The summed E-state index contributed by atoms with van der Waals surface area (Å²) in [6, 6.07) is 7.75. The second-order valence-electron chi connectivity index (χ2n) is 5.84. The van der Waals surface area contributed by atoms with Crippen LogP contribution in [-0.4, -0.2) is 17.0 Å². The summed E-state index contributed by atoms with van der Waals surface area (Å²) in [4.78, 5) is 23.2. The fourth-order valence-electron chi connectivity index (χ4n) is 1.87. The molecule has 0 aliphatic heterocycles. The van der Waals surface area contributed by atoms with E-state index in [0.29, 0.717) is 6.54 Å². The molecule has 0 radical (unpaired) electrons. The Bertz CT molecular complexity index is 457. The van der Waals surface area contributed by atoms with Crippen LogP contribution in [0.1, 0.15) is 31.9 Å². The van der Waals surface area contributed by atoms with Crippen molar-refractivity contribution < 1.29 is 14.7 Å². The van der Waals surface area contributed by atoms with Gasteiger partial charge in [-0.25, -0.2) is 0 Å². The first kappa shape index (κ1) is 15.2. The lowest BCUT2D eigenvalue weighted by Gasteiger charge is -2.25. The molecular weight excluding hydrogens is 242 g/mol. The third-order valence-corrected chi connectivity index (χ3v) is 2.96. The monoisotopic (exact) mass is 263 g/mol. The first-order valence-electron chi connectivity index (χ1n) is 6.28. The fourth-order valence-corrected chi connectivity index (χ4v) is 1.87. The Hall–Kier alpha value is -1.84. The summed E-state index contributed by atoms with van der Waals surface area (Å²) in [6.07, 6.45) is 0. The van der Waals surface area contributed by atoms with Crippen LogP contribution in [0.4, 0.5) is 0 Å². The standard InChI is InChI=1S/C15H21NO3/c1-10-5-7-11(8-6-10)9-16-13(17)12(14(18)19)15(2,3)4/h5-8,12H,9H2,1-4H3,(H,16,17)(H,18,19). The molecule has 0 aliphatic rings. The summed E-state index contributed by atoms with van der Waals surface area (Å²) >= 11 is 0. The lowest BCUT2D eigenvalue weighted by molar-refractivity contribution is -0.151. The topological polar surface area (TPSA) is 66.4 Å². The molecule has 4 heteroatoms. The van der Waals surface area contributed by atoms with Gasteiger partial charge in [0.2, 0.25) is 5.91 Å². The zero-order valence-electron chi connectivity index (χ0n) is 11.9. The molecular formula is C15H21NO3. The molecule has 1 aromatic rings. The highest BCUT2D eigenvalue weighted by molar-refractivity contribution is 5.97. The predicted molar refractivity (Wildman–Crippen MR) is 73.6 cm³/mol. The second kappa shape index (κ2) is 5.87. The molecule has 0 saturated carbocycles. The van der Waals surface area contributed by atoms with Gasteiger partial charge in [-0.2, -0.15) is 0 Å². The molecule has 2 N–H and O–H groups in total. The van der Waals surface area contributed by atoms with Gasteiger partial charge in [0.1, 0.15) is 5.92 Å². The van der Waals surface area contributed by atoms with E-state index < -0.39 is 23.2 Å². The van der Waals surface area contributed by atoms with Crippen molar-refractivity contribution in [2.75, 3.05) is 0 Å². The van der Waals surface area contributed by atoms with Crippen molar-refractivity contribution in [3.05, 3.63) is 35.4 Å². The van der Waals surface area contributed by atoms with Crippen molar-refractivity contribution in [1.29, 1.82) is 0 Å². The average molecular weight is 263 g/mol. The average Bonchev–Trinajstić information content (AvgIpc) is 2.25. The van der Waals surface area contributed by atoms with Crippen LogP contribution in [0.5, 0.6) is 0 Å². The molecule has 19 heavy (non-hydrogen) atoms. The molecule has 1 aromatic carbocycles. The highest BCUT2D eigenvalue weighted by atomic mass is 16.4. The number of carbonyl (C=O) groups is 2. The normalized spacial score (nSPS) is 12.8. The van der Waals surface area contributed by atoms with E-state index in [2.05, 4.69) is 5.32 Å². The third-order valence-electron chi connectivity index (χ3n) is 2.96. The van der Waals surface area contributed by atoms with Gasteiger partial charge in [0.05, 0.1) is 0 Å². The number of rotatable bonds is 4. The van der Waals surface area contributed by atoms with E-state index in [0.717, 1.165) is 11.1 Å². The molecule has 0 fully saturated rings. The number of carboxylic acids is 1. The number of nitrogens with one attached hydrogen (secondary N) is 1. The SMILES string of the molecule is Cc1ccc(CNC(=O)C(C(=O)O)C(C)(C)C)cc1. The Morgan fingerprint density at radius 1 is 1.21 bits per heavy atom. The van der Waals surface area contributed by atoms with Crippen LogP contribution in [0.15, 0.2) is 24.3 Å². The molecule has 0 saturated heterocycles. The number of benzene rings is 1. The van der Waals surface area contributed by atoms with Crippen molar-refractivity contribution in [1.82, 2.24) is 5.32 Å². The molecule has 4 nitrogen and oxygen atoms in total. The van der Waals surface area contributed by atoms with Crippen molar-refractivity contribution >= 4 is 11.9 Å². The smallest absolute Gasteiger partial charge is 0.316 e. The van der Waals surface area contributed by atoms with Crippen molar-refractivity contribution in [2.24, 2.45) is 11.3 Å². The Balaban J connectivity index is 2.68. The zero-order chi connectivity index (χ0) is 14.6. The van der Waals surface area contributed by atoms with Crippen molar-refractivity contribution in [3.8, 4) is 0 Å². The van der Waals surface area contributed by atoms with Crippen LogP contribution in [0.25, 0.3) is 0 Å². The van der Waals surface area contributed by atoms with Crippen LogP contribution in [0, 0.1) is 18.3 Å². The number of hydrogen-bond acceptors (Lipinski definition) is 2. The van der Waals surface area contributed by atoms with E-state index in [1.807, 2.05) is 31.2 Å². The fraction of sp³-hybridized carbons (Fsp3) is 0.467. The molecule has 1 unspecified atom stereocenters. The highest BCUT2D eigenvalue weighted by Gasteiger charge is 2.37. The Morgan fingerprint density at radius 2 is 1.74 bits per heavy atom. The second-order valence-corrected chi connectivity index (χ2v) is 5.84. The summed E-state index contributed by atoms with van der Waals surface area (Å²) < 4.78 is 0. The van der Waals surface area contributed by atoms with Gasteiger partial charge >= 0.3 is 5.97 Å². The summed E-state index contributed by atoms with van der Waals surface area (Å²) in [5.41, 5.74) is 1.49. The maximum absolute atomic E-state index is 12.0. The van der Waals surface area contributed by atoms with Crippen LogP contribution in [-0.2, 0) is 16.1 Å². The van der Waals surface area contributed by atoms with Gasteiger partial charge in [-0.1, -0.05) is 50.6 Å². The van der Waals surface area contributed by atoms with Crippen LogP contribution < -0.4 is 5.32 Å². The Morgan fingerprint density at radius 3 is 2.16 bits per heavy atom. The number of hydrogen-bond donors (Lipinski definition) is 2. The Kier molecular flexibility index (Phi) is 4.70.